The molecule has 5 nitrogen and oxygen atoms in total. The molecule has 0 radical (unpaired) electrons. The molecule has 0 aliphatic heterocycles. The Morgan fingerprint density at radius 3 is 2.88 bits per heavy atom. The van der Waals surface area contributed by atoms with Gasteiger partial charge in [-0.25, -0.2) is 9.78 Å². The SMILES string of the molecule is COc1ccc(-c2ncoc2C(=O)O)cc1Cl. The molecule has 2 aromatic rings. The fraction of sp³-hybridized carbons (Fsp3) is 0.0909. The number of nitrogens with zero attached hydrogens (tertiary/aromatic N) is 1. The van der Waals surface area contributed by atoms with Gasteiger partial charge in [-0.3, -0.25) is 0 Å². The van der Waals surface area contributed by atoms with E-state index in [2.05, 4.69) is 4.98 Å². The van der Waals surface area contributed by atoms with Gasteiger partial charge in [-0.1, -0.05) is 11.6 Å². The van der Waals surface area contributed by atoms with Gasteiger partial charge in [0.25, 0.3) is 0 Å². The highest BCUT2D eigenvalue weighted by Crippen LogP contribution is 2.30. The van der Waals surface area contributed by atoms with Crippen molar-refractivity contribution >= 4 is 17.6 Å². The van der Waals surface area contributed by atoms with Crippen molar-refractivity contribution in [2.24, 2.45) is 0 Å². The van der Waals surface area contributed by atoms with Crippen LogP contribution in [0.1, 0.15) is 10.6 Å². The van der Waals surface area contributed by atoms with Crippen molar-refractivity contribution in [1.82, 2.24) is 4.98 Å². The minimum Gasteiger partial charge on any atom is -0.495 e. The first-order chi connectivity index (χ1) is 8.13. The van der Waals surface area contributed by atoms with Gasteiger partial charge in [0.15, 0.2) is 6.39 Å². The molecule has 0 atom stereocenters. The first kappa shape index (κ1) is 11.5. The predicted octanol–water partition coefficient (Wildman–Crippen LogP) is 2.70. The third-order valence-electron chi connectivity index (χ3n) is 2.19. The molecule has 0 saturated carbocycles. The molecule has 0 fully saturated rings. The molecular formula is C11H8ClNO4. The maximum absolute atomic E-state index is 10.9. The Morgan fingerprint density at radius 1 is 1.53 bits per heavy atom. The quantitative estimate of drug-likeness (QED) is 0.910. The van der Waals surface area contributed by atoms with Gasteiger partial charge in [-0.2, -0.15) is 0 Å². The summed E-state index contributed by atoms with van der Waals surface area (Å²) in [6.07, 6.45) is 1.08. The number of halogens is 1. The van der Waals surface area contributed by atoms with Crippen molar-refractivity contribution in [2.45, 2.75) is 0 Å². The molecule has 0 spiro atoms. The first-order valence-corrected chi connectivity index (χ1v) is 5.02. The molecule has 0 aliphatic rings. The van der Waals surface area contributed by atoms with E-state index in [1.807, 2.05) is 0 Å². The molecular weight excluding hydrogens is 246 g/mol. The van der Waals surface area contributed by atoms with Gasteiger partial charge in [0.05, 0.1) is 12.1 Å². The Morgan fingerprint density at radius 2 is 2.29 bits per heavy atom. The summed E-state index contributed by atoms with van der Waals surface area (Å²) in [6, 6.07) is 4.87. The topological polar surface area (TPSA) is 72.6 Å². The molecule has 1 aromatic carbocycles. The van der Waals surface area contributed by atoms with Crippen LogP contribution in [0.2, 0.25) is 5.02 Å². The van der Waals surface area contributed by atoms with E-state index in [0.717, 1.165) is 6.39 Å². The summed E-state index contributed by atoms with van der Waals surface area (Å²) in [4.78, 5) is 14.7. The van der Waals surface area contributed by atoms with Crippen molar-refractivity contribution < 1.29 is 19.1 Å². The second-order valence-corrected chi connectivity index (χ2v) is 3.59. The van der Waals surface area contributed by atoms with Crippen LogP contribution in [0.3, 0.4) is 0 Å². The second kappa shape index (κ2) is 4.47. The van der Waals surface area contributed by atoms with Crippen LogP contribution in [0.4, 0.5) is 0 Å². The van der Waals surface area contributed by atoms with E-state index in [1.165, 1.54) is 7.11 Å². The molecule has 17 heavy (non-hydrogen) atoms. The van der Waals surface area contributed by atoms with Gasteiger partial charge in [0.1, 0.15) is 11.4 Å². The Hall–Kier alpha value is -2.01. The van der Waals surface area contributed by atoms with Crippen molar-refractivity contribution in [1.29, 1.82) is 0 Å². The largest absolute Gasteiger partial charge is 0.495 e. The molecule has 1 heterocycles. The van der Waals surface area contributed by atoms with Crippen LogP contribution < -0.4 is 4.74 Å². The van der Waals surface area contributed by atoms with Gasteiger partial charge in [-0.05, 0) is 18.2 Å². The van der Waals surface area contributed by atoms with Crippen LogP contribution in [0.5, 0.6) is 5.75 Å². The van der Waals surface area contributed by atoms with E-state index < -0.39 is 5.97 Å². The highest BCUT2D eigenvalue weighted by Gasteiger charge is 2.18. The normalized spacial score (nSPS) is 10.2. The Kier molecular flexibility index (Phi) is 3.01. The zero-order chi connectivity index (χ0) is 12.4. The standard InChI is InChI=1S/C11H8ClNO4/c1-16-8-3-2-6(4-7(8)12)9-10(11(14)15)17-5-13-9/h2-5H,1H3,(H,14,15). The van der Waals surface area contributed by atoms with Crippen LogP contribution in [0.15, 0.2) is 29.0 Å². The van der Waals surface area contributed by atoms with E-state index >= 15 is 0 Å². The lowest BCUT2D eigenvalue weighted by Crippen LogP contribution is -1.96. The number of rotatable bonds is 3. The van der Waals surface area contributed by atoms with E-state index in [-0.39, 0.29) is 11.5 Å². The number of oxazole rings is 1. The van der Waals surface area contributed by atoms with E-state index in [1.54, 1.807) is 18.2 Å². The third kappa shape index (κ3) is 2.09. The lowest BCUT2D eigenvalue weighted by Gasteiger charge is -2.04. The molecule has 2 rings (SSSR count). The fourth-order valence-corrected chi connectivity index (χ4v) is 1.67. The van der Waals surface area contributed by atoms with Gasteiger partial charge in [0, 0.05) is 5.56 Å². The fourth-order valence-electron chi connectivity index (χ4n) is 1.42. The number of methoxy groups -OCH3 is 1. The Bertz CT molecular complexity index is 564. The molecule has 1 aromatic heterocycles. The van der Waals surface area contributed by atoms with Crippen LogP contribution in [-0.2, 0) is 0 Å². The lowest BCUT2D eigenvalue weighted by molar-refractivity contribution is 0.0663. The van der Waals surface area contributed by atoms with Gasteiger partial charge in [0.2, 0.25) is 5.76 Å². The minimum absolute atomic E-state index is 0.216. The summed E-state index contributed by atoms with van der Waals surface area (Å²) in [5.41, 5.74) is 0.795. The monoisotopic (exact) mass is 253 g/mol. The first-order valence-electron chi connectivity index (χ1n) is 4.64. The highest BCUT2D eigenvalue weighted by atomic mass is 35.5. The Labute approximate surface area is 102 Å². The van der Waals surface area contributed by atoms with Crippen molar-refractivity contribution in [2.75, 3.05) is 7.11 Å². The van der Waals surface area contributed by atoms with Crippen LogP contribution >= 0.6 is 11.6 Å². The number of ether oxygens (including phenoxy) is 1. The molecule has 88 valence electrons. The van der Waals surface area contributed by atoms with Crippen molar-refractivity contribution in [3.63, 3.8) is 0 Å². The number of hydrogen-bond donors (Lipinski definition) is 1. The van der Waals surface area contributed by atoms with E-state index in [4.69, 9.17) is 25.9 Å². The molecule has 0 unspecified atom stereocenters. The minimum atomic E-state index is -1.18. The lowest BCUT2D eigenvalue weighted by atomic mass is 10.1. The summed E-state index contributed by atoms with van der Waals surface area (Å²) >= 11 is 5.95. The molecule has 0 saturated heterocycles. The molecule has 0 aliphatic carbocycles. The molecule has 0 amide bonds. The number of carbonyl (C=O) groups is 1. The van der Waals surface area contributed by atoms with Gasteiger partial charge < -0.3 is 14.3 Å². The summed E-state index contributed by atoms with van der Waals surface area (Å²) in [5.74, 6) is -0.883. The zero-order valence-corrected chi connectivity index (χ0v) is 9.56. The maximum Gasteiger partial charge on any atom is 0.374 e. The van der Waals surface area contributed by atoms with E-state index in [0.29, 0.717) is 16.3 Å². The third-order valence-corrected chi connectivity index (χ3v) is 2.48. The highest BCUT2D eigenvalue weighted by molar-refractivity contribution is 6.32. The van der Waals surface area contributed by atoms with Crippen LogP contribution in [-0.4, -0.2) is 23.2 Å². The molecule has 6 heteroatoms. The second-order valence-electron chi connectivity index (χ2n) is 3.18. The number of carboxylic acids is 1. The van der Waals surface area contributed by atoms with Gasteiger partial charge in [-0.15, -0.1) is 0 Å². The van der Waals surface area contributed by atoms with E-state index in [9.17, 15) is 4.79 Å². The summed E-state index contributed by atoms with van der Waals surface area (Å²) in [7, 11) is 1.50. The number of aromatic nitrogens is 1. The number of carboxylic acid groups (broad SMARTS) is 1. The average molecular weight is 254 g/mol. The molecule has 0 bridgehead atoms. The summed E-state index contributed by atoms with van der Waals surface area (Å²) in [6.45, 7) is 0. The smallest absolute Gasteiger partial charge is 0.374 e. The van der Waals surface area contributed by atoms with Crippen molar-refractivity contribution in [3.8, 4) is 17.0 Å². The molecule has 1 N–H and O–H groups in total. The average Bonchev–Trinajstić information content (AvgIpc) is 2.77. The zero-order valence-electron chi connectivity index (χ0n) is 8.81. The van der Waals surface area contributed by atoms with Gasteiger partial charge >= 0.3 is 5.97 Å². The summed E-state index contributed by atoms with van der Waals surface area (Å²) in [5, 5.41) is 9.27. The number of benzene rings is 1. The number of hydrogen-bond acceptors (Lipinski definition) is 4. The summed E-state index contributed by atoms with van der Waals surface area (Å²) < 4.78 is 9.79. The predicted molar refractivity (Wildman–Crippen MR) is 60.5 cm³/mol. The van der Waals surface area contributed by atoms with Crippen LogP contribution in [0, 0.1) is 0 Å². The maximum atomic E-state index is 10.9. The number of aromatic carboxylic acids is 1. The van der Waals surface area contributed by atoms with Crippen molar-refractivity contribution in [3.05, 3.63) is 35.4 Å². The Balaban J connectivity index is 2.50. The van der Waals surface area contributed by atoms with Crippen LogP contribution in [0.25, 0.3) is 11.3 Å².